The monoisotopic (exact) mass is 394 g/mol. The van der Waals surface area contributed by atoms with E-state index < -0.39 is 12.4 Å². The molecule has 0 unspecified atom stereocenters. The molecule has 0 saturated heterocycles. The highest BCUT2D eigenvalue weighted by atomic mass is 79.9. The molecular formula is C14H11BrClF3N2O. The van der Waals surface area contributed by atoms with Crippen LogP contribution in [0.4, 0.5) is 24.5 Å². The molecule has 0 spiro atoms. The molecule has 22 heavy (non-hydrogen) atoms. The second kappa shape index (κ2) is 7.11. The molecule has 0 heterocycles. The van der Waals surface area contributed by atoms with Gasteiger partial charge in [0.05, 0.1) is 11.4 Å². The van der Waals surface area contributed by atoms with E-state index in [-0.39, 0.29) is 28.7 Å². The van der Waals surface area contributed by atoms with E-state index in [9.17, 15) is 13.2 Å². The Labute approximate surface area is 138 Å². The molecule has 0 fully saturated rings. The Kier molecular flexibility index (Phi) is 5.42. The lowest BCUT2D eigenvalue weighted by molar-refractivity contribution is -0.0504. The van der Waals surface area contributed by atoms with Crippen molar-refractivity contribution < 1.29 is 17.9 Å². The van der Waals surface area contributed by atoms with E-state index in [2.05, 4.69) is 26.0 Å². The number of nitrogen functional groups attached to an aromatic ring is 1. The molecule has 2 aromatic carbocycles. The van der Waals surface area contributed by atoms with Crippen LogP contribution in [0.5, 0.6) is 5.75 Å². The van der Waals surface area contributed by atoms with Crippen LogP contribution in [-0.2, 0) is 6.54 Å². The molecule has 0 radical (unpaired) electrons. The van der Waals surface area contributed by atoms with Crippen molar-refractivity contribution >= 4 is 38.9 Å². The van der Waals surface area contributed by atoms with Crippen molar-refractivity contribution in [3.63, 3.8) is 0 Å². The zero-order chi connectivity index (χ0) is 16.3. The fraction of sp³-hybridized carbons (Fsp3) is 0.143. The van der Waals surface area contributed by atoms with Gasteiger partial charge in [-0.25, -0.2) is 4.39 Å². The van der Waals surface area contributed by atoms with Crippen LogP contribution in [0.2, 0.25) is 5.02 Å². The first-order valence-corrected chi connectivity index (χ1v) is 7.26. The summed E-state index contributed by atoms with van der Waals surface area (Å²) in [6, 6.07) is 7.20. The summed E-state index contributed by atoms with van der Waals surface area (Å²) in [5.41, 5.74) is 6.22. The second-order valence-electron chi connectivity index (χ2n) is 4.30. The highest BCUT2D eigenvalue weighted by molar-refractivity contribution is 9.10. The summed E-state index contributed by atoms with van der Waals surface area (Å²) in [5.74, 6) is -0.649. The quantitative estimate of drug-likeness (QED) is 0.698. The van der Waals surface area contributed by atoms with Crippen molar-refractivity contribution in [2.45, 2.75) is 13.2 Å². The molecule has 0 atom stereocenters. The van der Waals surface area contributed by atoms with Gasteiger partial charge in [-0.15, -0.1) is 0 Å². The molecule has 0 aliphatic rings. The fourth-order valence-corrected chi connectivity index (χ4v) is 2.52. The first-order chi connectivity index (χ1) is 10.4. The maximum absolute atomic E-state index is 13.5. The van der Waals surface area contributed by atoms with E-state index >= 15 is 0 Å². The minimum absolute atomic E-state index is 0.0120. The molecule has 0 aliphatic heterocycles. The van der Waals surface area contributed by atoms with Crippen molar-refractivity contribution in [1.82, 2.24) is 0 Å². The Hall–Kier alpha value is -1.60. The molecule has 8 heteroatoms. The maximum Gasteiger partial charge on any atom is 0.387 e. The minimum atomic E-state index is -2.94. The van der Waals surface area contributed by atoms with Gasteiger partial charge in [0.15, 0.2) is 0 Å². The van der Waals surface area contributed by atoms with Gasteiger partial charge in [0, 0.05) is 21.6 Å². The molecule has 3 N–H and O–H groups in total. The zero-order valence-electron chi connectivity index (χ0n) is 11.0. The molecule has 0 amide bonds. The van der Waals surface area contributed by atoms with E-state index in [1.165, 1.54) is 12.1 Å². The predicted molar refractivity (Wildman–Crippen MR) is 83.9 cm³/mol. The lowest BCUT2D eigenvalue weighted by Crippen LogP contribution is -2.09. The van der Waals surface area contributed by atoms with Gasteiger partial charge in [0.25, 0.3) is 0 Å². The number of hydrogen-bond acceptors (Lipinski definition) is 3. The Bertz CT molecular complexity index is 685. The predicted octanol–water partition coefficient (Wildman–Crippen LogP) is 5.04. The number of nitrogens with two attached hydrogens (primary N) is 1. The number of nitrogens with one attached hydrogen (secondary N) is 1. The molecule has 118 valence electrons. The van der Waals surface area contributed by atoms with Crippen LogP contribution in [-0.4, -0.2) is 6.61 Å². The number of ether oxygens (including phenoxy) is 1. The Morgan fingerprint density at radius 1 is 1.32 bits per heavy atom. The molecular weight excluding hydrogens is 385 g/mol. The van der Waals surface area contributed by atoms with Gasteiger partial charge >= 0.3 is 6.61 Å². The summed E-state index contributed by atoms with van der Waals surface area (Å²) in [5, 5.41) is 3.03. The summed E-state index contributed by atoms with van der Waals surface area (Å²) < 4.78 is 43.4. The SMILES string of the molecule is Nc1c(F)cc(Cl)cc1NCc1c(Br)cccc1OC(F)F. The molecule has 2 rings (SSSR count). The van der Waals surface area contributed by atoms with Gasteiger partial charge in [0.2, 0.25) is 0 Å². The summed E-state index contributed by atoms with van der Waals surface area (Å²) in [4.78, 5) is 0. The largest absolute Gasteiger partial charge is 0.434 e. The number of alkyl halides is 2. The summed E-state index contributed by atoms with van der Waals surface area (Å²) in [6.07, 6.45) is 0. The highest BCUT2D eigenvalue weighted by Crippen LogP contribution is 2.31. The number of hydrogen-bond donors (Lipinski definition) is 2. The van der Waals surface area contributed by atoms with Crippen molar-refractivity contribution in [3.05, 3.63) is 51.2 Å². The zero-order valence-corrected chi connectivity index (χ0v) is 13.4. The van der Waals surface area contributed by atoms with Gasteiger partial charge in [0.1, 0.15) is 11.6 Å². The normalized spacial score (nSPS) is 10.8. The van der Waals surface area contributed by atoms with Gasteiger partial charge in [-0.05, 0) is 24.3 Å². The van der Waals surface area contributed by atoms with E-state index in [0.29, 0.717) is 10.0 Å². The standard InChI is InChI=1S/C14H11BrClF3N2O/c15-9-2-1-3-12(22-14(18)19)8(9)6-21-11-5-7(16)4-10(17)13(11)20/h1-5,14,21H,6,20H2. The third kappa shape index (κ3) is 3.98. The number of halogens is 5. The molecule has 0 bridgehead atoms. The van der Waals surface area contributed by atoms with Gasteiger partial charge < -0.3 is 15.8 Å². The van der Waals surface area contributed by atoms with Crippen LogP contribution in [0.15, 0.2) is 34.8 Å². The van der Waals surface area contributed by atoms with Crippen LogP contribution >= 0.6 is 27.5 Å². The number of benzene rings is 2. The second-order valence-corrected chi connectivity index (χ2v) is 5.59. The molecule has 2 aromatic rings. The van der Waals surface area contributed by atoms with Crippen molar-refractivity contribution in [1.29, 1.82) is 0 Å². The first-order valence-electron chi connectivity index (χ1n) is 6.09. The summed E-state index contributed by atoms with van der Waals surface area (Å²) >= 11 is 9.03. The third-order valence-electron chi connectivity index (χ3n) is 2.84. The average Bonchev–Trinajstić information content (AvgIpc) is 2.42. The number of anilines is 2. The van der Waals surface area contributed by atoms with E-state index in [1.54, 1.807) is 12.1 Å². The average molecular weight is 396 g/mol. The van der Waals surface area contributed by atoms with Crippen LogP contribution in [0.25, 0.3) is 0 Å². The smallest absolute Gasteiger partial charge is 0.387 e. The number of rotatable bonds is 5. The van der Waals surface area contributed by atoms with Crippen LogP contribution in [0.1, 0.15) is 5.56 Å². The Balaban J connectivity index is 2.25. The molecule has 0 saturated carbocycles. The van der Waals surface area contributed by atoms with Gasteiger partial charge in [-0.3, -0.25) is 0 Å². The Morgan fingerprint density at radius 3 is 2.73 bits per heavy atom. The van der Waals surface area contributed by atoms with Crippen molar-refractivity contribution in [2.75, 3.05) is 11.1 Å². The summed E-state index contributed by atoms with van der Waals surface area (Å²) in [6.45, 7) is -2.85. The minimum Gasteiger partial charge on any atom is -0.434 e. The van der Waals surface area contributed by atoms with Gasteiger partial charge in [-0.1, -0.05) is 33.6 Å². The van der Waals surface area contributed by atoms with E-state index in [0.717, 1.165) is 6.07 Å². The van der Waals surface area contributed by atoms with E-state index in [4.69, 9.17) is 17.3 Å². The Morgan fingerprint density at radius 2 is 2.05 bits per heavy atom. The molecule has 0 aliphatic carbocycles. The lowest BCUT2D eigenvalue weighted by atomic mass is 10.2. The van der Waals surface area contributed by atoms with Crippen LogP contribution in [0, 0.1) is 5.82 Å². The molecule has 0 aromatic heterocycles. The van der Waals surface area contributed by atoms with Crippen LogP contribution in [0.3, 0.4) is 0 Å². The topological polar surface area (TPSA) is 47.3 Å². The third-order valence-corrected chi connectivity index (χ3v) is 3.80. The maximum atomic E-state index is 13.5. The van der Waals surface area contributed by atoms with Crippen LogP contribution < -0.4 is 15.8 Å². The van der Waals surface area contributed by atoms with E-state index in [1.807, 2.05) is 0 Å². The molecule has 3 nitrogen and oxygen atoms in total. The van der Waals surface area contributed by atoms with Crippen molar-refractivity contribution in [3.8, 4) is 5.75 Å². The fourth-order valence-electron chi connectivity index (χ4n) is 1.83. The van der Waals surface area contributed by atoms with Crippen molar-refractivity contribution in [2.24, 2.45) is 0 Å². The highest BCUT2D eigenvalue weighted by Gasteiger charge is 2.14. The summed E-state index contributed by atoms with van der Waals surface area (Å²) in [7, 11) is 0. The first kappa shape index (κ1) is 16.8. The lowest BCUT2D eigenvalue weighted by Gasteiger charge is -2.15. The van der Waals surface area contributed by atoms with Gasteiger partial charge in [-0.2, -0.15) is 8.78 Å².